The minimum absolute atomic E-state index is 0.0134. The molecule has 4 heteroatoms. The van der Waals surface area contributed by atoms with E-state index in [0.717, 1.165) is 36.6 Å². The number of ketones is 1. The van der Waals surface area contributed by atoms with E-state index in [-0.39, 0.29) is 11.8 Å². The summed E-state index contributed by atoms with van der Waals surface area (Å²) in [6.07, 6.45) is 0. The van der Waals surface area contributed by atoms with Crippen molar-refractivity contribution >= 4 is 17.1 Å². The van der Waals surface area contributed by atoms with E-state index in [9.17, 15) is 4.79 Å². The summed E-state index contributed by atoms with van der Waals surface area (Å²) in [6, 6.07) is 2.03. The summed E-state index contributed by atoms with van der Waals surface area (Å²) in [6.45, 7) is 7.94. The summed E-state index contributed by atoms with van der Waals surface area (Å²) in [5.41, 5.74) is 1.11. The van der Waals surface area contributed by atoms with Crippen LogP contribution in [0.4, 0.5) is 0 Å². The third kappa shape index (κ3) is 2.34. The molecule has 1 aliphatic heterocycles. The van der Waals surface area contributed by atoms with Crippen molar-refractivity contribution in [2.45, 2.75) is 19.9 Å². The molecule has 0 radical (unpaired) electrons. The Morgan fingerprint density at radius 3 is 2.75 bits per heavy atom. The first kappa shape index (κ1) is 11.8. The number of carbonyl (C=O) groups excluding carboxylic acids is 1. The van der Waals surface area contributed by atoms with Crippen molar-refractivity contribution in [1.82, 2.24) is 10.2 Å². The quantitative estimate of drug-likeness (QED) is 0.811. The molecule has 1 saturated heterocycles. The van der Waals surface area contributed by atoms with Gasteiger partial charge in [-0.05, 0) is 30.9 Å². The van der Waals surface area contributed by atoms with Crippen molar-refractivity contribution in [3.05, 3.63) is 21.9 Å². The predicted octanol–water partition coefficient (Wildman–Crippen LogP) is 1.53. The average Bonchev–Trinajstić information content (AvgIpc) is 2.75. The summed E-state index contributed by atoms with van der Waals surface area (Å²) < 4.78 is 0. The first-order valence-electron chi connectivity index (χ1n) is 5.73. The molecule has 0 bridgehead atoms. The molecule has 0 saturated carbocycles. The van der Waals surface area contributed by atoms with E-state index < -0.39 is 0 Å². The Kier molecular flexibility index (Phi) is 3.74. The monoisotopic (exact) mass is 238 g/mol. The van der Waals surface area contributed by atoms with Crippen molar-refractivity contribution in [3.63, 3.8) is 0 Å². The predicted molar refractivity (Wildman–Crippen MR) is 67.3 cm³/mol. The second-order valence-electron chi connectivity index (χ2n) is 4.26. The molecular formula is C12H18N2OS. The van der Waals surface area contributed by atoms with Crippen LogP contribution in [-0.4, -0.2) is 42.9 Å². The molecule has 2 heterocycles. The lowest BCUT2D eigenvalue weighted by Crippen LogP contribution is -2.50. The SMILES string of the molecule is Cc1ccsc1C(=O)C(C)N1CCNCC1. The molecule has 1 atom stereocenters. The van der Waals surface area contributed by atoms with E-state index >= 15 is 0 Å². The summed E-state index contributed by atoms with van der Waals surface area (Å²) in [4.78, 5) is 15.5. The highest BCUT2D eigenvalue weighted by atomic mass is 32.1. The van der Waals surface area contributed by atoms with Crippen LogP contribution in [0.15, 0.2) is 11.4 Å². The average molecular weight is 238 g/mol. The molecule has 1 aliphatic rings. The Morgan fingerprint density at radius 1 is 1.50 bits per heavy atom. The van der Waals surface area contributed by atoms with Crippen LogP contribution in [0.3, 0.4) is 0 Å². The summed E-state index contributed by atoms with van der Waals surface area (Å²) >= 11 is 1.56. The number of Topliss-reactive ketones (excluding diaryl/α,β-unsaturated/α-hetero) is 1. The second-order valence-corrected chi connectivity index (χ2v) is 5.18. The Balaban J connectivity index is 2.06. The number of hydrogen-bond donors (Lipinski definition) is 1. The molecule has 1 fully saturated rings. The van der Waals surface area contributed by atoms with Gasteiger partial charge in [0, 0.05) is 26.2 Å². The number of nitrogens with one attached hydrogen (secondary N) is 1. The molecule has 0 spiro atoms. The number of piperazine rings is 1. The van der Waals surface area contributed by atoms with Gasteiger partial charge < -0.3 is 5.32 Å². The lowest BCUT2D eigenvalue weighted by atomic mass is 10.1. The van der Waals surface area contributed by atoms with E-state index in [1.165, 1.54) is 0 Å². The molecule has 16 heavy (non-hydrogen) atoms. The van der Waals surface area contributed by atoms with Gasteiger partial charge in [0.2, 0.25) is 0 Å². The molecule has 1 aromatic rings. The van der Waals surface area contributed by atoms with Crippen LogP contribution in [0.25, 0.3) is 0 Å². The summed E-state index contributed by atoms with van der Waals surface area (Å²) in [5, 5.41) is 5.30. The van der Waals surface area contributed by atoms with Crippen LogP contribution in [0.1, 0.15) is 22.2 Å². The Hall–Kier alpha value is -0.710. The van der Waals surface area contributed by atoms with Crippen LogP contribution in [0.5, 0.6) is 0 Å². The minimum Gasteiger partial charge on any atom is -0.314 e. The van der Waals surface area contributed by atoms with Crippen molar-refractivity contribution < 1.29 is 4.79 Å². The third-order valence-corrected chi connectivity index (χ3v) is 4.20. The maximum Gasteiger partial charge on any atom is 0.189 e. The van der Waals surface area contributed by atoms with E-state index in [4.69, 9.17) is 0 Å². The van der Waals surface area contributed by atoms with Crippen LogP contribution in [0, 0.1) is 6.92 Å². The summed E-state index contributed by atoms with van der Waals surface area (Å²) in [7, 11) is 0. The smallest absolute Gasteiger partial charge is 0.189 e. The van der Waals surface area contributed by atoms with Gasteiger partial charge in [-0.3, -0.25) is 9.69 Å². The fraction of sp³-hybridized carbons (Fsp3) is 0.583. The fourth-order valence-corrected chi connectivity index (χ4v) is 3.00. The topological polar surface area (TPSA) is 32.3 Å². The number of carbonyl (C=O) groups is 1. The van der Waals surface area contributed by atoms with Crippen molar-refractivity contribution in [2.75, 3.05) is 26.2 Å². The van der Waals surface area contributed by atoms with Crippen molar-refractivity contribution in [3.8, 4) is 0 Å². The molecule has 0 amide bonds. The van der Waals surface area contributed by atoms with Gasteiger partial charge in [-0.1, -0.05) is 0 Å². The zero-order chi connectivity index (χ0) is 11.5. The molecule has 0 aromatic carbocycles. The van der Waals surface area contributed by atoms with E-state index in [1.807, 2.05) is 25.3 Å². The van der Waals surface area contributed by atoms with Gasteiger partial charge in [0.1, 0.15) is 0 Å². The zero-order valence-electron chi connectivity index (χ0n) is 9.82. The molecule has 0 aliphatic carbocycles. The van der Waals surface area contributed by atoms with E-state index in [0.29, 0.717) is 0 Å². The highest BCUT2D eigenvalue weighted by molar-refractivity contribution is 7.12. The maximum atomic E-state index is 12.3. The van der Waals surface area contributed by atoms with Crippen molar-refractivity contribution in [2.24, 2.45) is 0 Å². The lowest BCUT2D eigenvalue weighted by molar-refractivity contribution is 0.0824. The molecule has 3 nitrogen and oxygen atoms in total. The highest BCUT2D eigenvalue weighted by Gasteiger charge is 2.25. The Morgan fingerprint density at radius 2 is 2.19 bits per heavy atom. The van der Waals surface area contributed by atoms with Crippen LogP contribution < -0.4 is 5.32 Å². The normalized spacial score (nSPS) is 19.6. The minimum atomic E-state index is 0.0134. The maximum absolute atomic E-state index is 12.3. The van der Waals surface area contributed by atoms with Gasteiger partial charge >= 0.3 is 0 Å². The largest absolute Gasteiger partial charge is 0.314 e. The molecular weight excluding hydrogens is 220 g/mol. The van der Waals surface area contributed by atoms with Crippen LogP contribution >= 0.6 is 11.3 Å². The van der Waals surface area contributed by atoms with Gasteiger partial charge in [0.25, 0.3) is 0 Å². The fourth-order valence-electron chi connectivity index (χ4n) is 2.05. The Bertz CT molecular complexity index is 369. The van der Waals surface area contributed by atoms with Gasteiger partial charge in [-0.2, -0.15) is 0 Å². The van der Waals surface area contributed by atoms with Gasteiger partial charge in [0.05, 0.1) is 10.9 Å². The summed E-state index contributed by atoms with van der Waals surface area (Å²) in [5.74, 6) is 0.273. The molecule has 1 aromatic heterocycles. The number of rotatable bonds is 3. The Labute approximate surface area is 100 Å². The van der Waals surface area contributed by atoms with Gasteiger partial charge in [-0.15, -0.1) is 11.3 Å². The van der Waals surface area contributed by atoms with E-state index in [1.54, 1.807) is 11.3 Å². The molecule has 88 valence electrons. The molecule has 1 N–H and O–H groups in total. The number of hydrogen-bond acceptors (Lipinski definition) is 4. The number of thiophene rings is 1. The number of aryl methyl sites for hydroxylation is 1. The van der Waals surface area contributed by atoms with Crippen LogP contribution in [-0.2, 0) is 0 Å². The highest BCUT2D eigenvalue weighted by Crippen LogP contribution is 2.19. The second kappa shape index (κ2) is 5.08. The van der Waals surface area contributed by atoms with E-state index in [2.05, 4.69) is 10.2 Å². The third-order valence-electron chi connectivity index (χ3n) is 3.16. The van der Waals surface area contributed by atoms with Crippen molar-refractivity contribution in [1.29, 1.82) is 0 Å². The lowest BCUT2D eigenvalue weighted by Gasteiger charge is -2.31. The standard InChI is InChI=1S/C12H18N2OS/c1-9-3-8-16-12(9)11(15)10(2)14-6-4-13-5-7-14/h3,8,10,13H,4-7H2,1-2H3. The molecule has 1 unspecified atom stereocenters. The van der Waals surface area contributed by atoms with Gasteiger partial charge in [-0.25, -0.2) is 0 Å². The first-order chi connectivity index (χ1) is 7.70. The zero-order valence-corrected chi connectivity index (χ0v) is 10.6. The first-order valence-corrected chi connectivity index (χ1v) is 6.61. The molecule has 2 rings (SSSR count). The van der Waals surface area contributed by atoms with Gasteiger partial charge in [0.15, 0.2) is 5.78 Å². The number of nitrogens with zero attached hydrogens (tertiary/aromatic N) is 1. The van der Waals surface area contributed by atoms with Crippen LogP contribution in [0.2, 0.25) is 0 Å².